The Kier molecular flexibility index (Phi) is 12.1. The highest BCUT2D eigenvalue weighted by Crippen LogP contribution is 2.39. The molecule has 2 N–H and O–H groups in total. The number of halogens is 3. The third-order valence-electron chi connectivity index (χ3n) is 5.29. The molecule has 1 fully saturated rings. The van der Waals surface area contributed by atoms with Crippen molar-refractivity contribution in [2.45, 2.75) is 44.7 Å². The van der Waals surface area contributed by atoms with Crippen LogP contribution in [0.4, 0.5) is 8.78 Å². The van der Waals surface area contributed by atoms with Gasteiger partial charge >= 0.3 is 0 Å². The van der Waals surface area contributed by atoms with Crippen LogP contribution in [0.5, 0.6) is 11.5 Å². The van der Waals surface area contributed by atoms with Gasteiger partial charge in [-0.05, 0) is 72.0 Å². The third kappa shape index (κ3) is 9.70. The number of ether oxygens (including phenoxy) is 2. The van der Waals surface area contributed by atoms with Crippen molar-refractivity contribution in [1.29, 1.82) is 0 Å². The zero-order valence-electron chi connectivity index (χ0n) is 20.1. The van der Waals surface area contributed by atoms with Crippen LogP contribution in [0.1, 0.15) is 32.4 Å². The molecule has 1 aromatic heterocycles. The van der Waals surface area contributed by atoms with Crippen LogP contribution >= 0.6 is 11.6 Å². The van der Waals surface area contributed by atoms with Crippen molar-refractivity contribution in [2.75, 3.05) is 27.3 Å². The fraction of sp³-hybridized carbons (Fsp3) is 0.458. The SMILES string of the molecule is CNC1(C)CC(C)(NC)C1.Cc1nc(F)ccc1OCC=O.O=CCOc1ccc(Cl)c(F)c1. The Labute approximate surface area is 204 Å². The summed E-state index contributed by atoms with van der Waals surface area (Å²) in [4.78, 5) is 23.3. The van der Waals surface area contributed by atoms with E-state index in [0.717, 1.165) is 6.07 Å². The summed E-state index contributed by atoms with van der Waals surface area (Å²) in [5.41, 5.74) is 1.21. The van der Waals surface area contributed by atoms with Gasteiger partial charge in [0.05, 0.1) is 10.7 Å². The van der Waals surface area contributed by atoms with Gasteiger partial charge in [-0.15, -0.1) is 0 Å². The number of aryl methyl sites for hydroxylation is 1. The van der Waals surface area contributed by atoms with E-state index in [-0.39, 0.29) is 18.2 Å². The maximum atomic E-state index is 12.7. The van der Waals surface area contributed by atoms with Gasteiger partial charge in [-0.3, -0.25) is 9.59 Å². The molecule has 1 heterocycles. The lowest BCUT2D eigenvalue weighted by molar-refractivity contribution is -0.110. The first kappa shape index (κ1) is 29.4. The van der Waals surface area contributed by atoms with E-state index >= 15 is 0 Å². The molecule has 10 heteroatoms. The van der Waals surface area contributed by atoms with Crippen molar-refractivity contribution < 1.29 is 27.8 Å². The van der Waals surface area contributed by atoms with E-state index in [9.17, 15) is 18.4 Å². The predicted molar refractivity (Wildman–Crippen MR) is 128 cm³/mol. The van der Waals surface area contributed by atoms with Gasteiger partial charge in [0, 0.05) is 17.1 Å². The van der Waals surface area contributed by atoms with Crippen molar-refractivity contribution in [3.05, 3.63) is 52.8 Å². The van der Waals surface area contributed by atoms with E-state index in [0.29, 0.717) is 40.8 Å². The molecule has 1 aromatic carbocycles. The van der Waals surface area contributed by atoms with E-state index < -0.39 is 11.8 Å². The Bertz CT molecular complexity index is 926. The van der Waals surface area contributed by atoms with E-state index in [1.807, 2.05) is 14.1 Å². The molecule has 0 radical (unpaired) electrons. The minimum Gasteiger partial charge on any atom is -0.486 e. The van der Waals surface area contributed by atoms with E-state index in [1.54, 1.807) is 6.92 Å². The normalized spacial score (nSPS) is 20.5. The standard InChI is InChI=1S/C8H6ClFO2.C8H8FNO2.C8H18N2/c9-7-2-1-6(5-8(7)10)12-4-3-11;1-6-7(12-5-4-11)2-3-8(9)10-6;1-7(9-3)5-8(2,6-7)10-4/h1-3,5H,4H2;2-4H,5H2,1H3;9-10H,5-6H2,1-4H3. The van der Waals surface area contributed by atoms with Gasteiger partial charge in [0.2, 0.25) is 5.95 Å². The summed E-state index contributed by atoms with van der Waals surface area (Å²) in [7, 11) is 4.07. The minimum atomic E-state index is -0.555. The minimum absolute atomic E-state index is 0.0336. The number of benzene rings is 1. The second-order valence-corrected chi connectivity index (χ2v) is 8.63. The molecule has 0 atom stereocenters. The molecular weight excluding hydrogens is 468 g/mol. The number of pyridine rings is 1. The lowest BCUT2D eigenvalue weighted by Crippen LogP contribution is -2.65. The number of nitrogens with zero attached hydrogens (tertiary/aromatic N) is 1. The van der Waals surface area contributed by atoms with E-state index in [1.165, 1.54) is 37.1 Å². The molecule has 2 aromatic rings. The number of aldehydes is 2. The average molecular weight is 500 g/mol. The molecule has 0 saturated heterocycles. The highest BCUT2D eigenvalue weighted by Gasteiger charge is 2.46. The second-order valence-electron chi connectivity index (χ2n) is 8.22. The Balaban J connectivity index is 0.000000256. The molecular formula is C24H32ClF2N3O4. The molecule has 0 unspecified atom stereocenters. The lowest BCUT2D eigenvalue weighted by atomic mass is 9.65. The van der Waals surface area contributed by atoms with Crippen LogP contribution in [0.25, 0.3) is 0 Å². The fourth-order valence-corrected chi connectivity index (χ4v) is 3.63. The van der Waals surface area contributed by atoms with Gasteiger partial charge in [-0.2, -0.15) is 4.39 Å². The summed E-state index contributed by atoms with van der Waals surface area (Å²) in [6.45, 7) is 6.04. The smallest absolute Gasteiger partial charge is 0.213 e. The topological polar surface area (TPSA) is 89.6 Å². The molecule has 0 amide bonds. The quantitative estimate of drug-likeness (QED) is 0.420. The molecule has 7 nitrogen and oxygen atoms in total. The van der Waals surface area contributed by atoms with Crippen LogP contribution < -0.4 is 20.1 Å². The highest BCUT2D eigenvalue weighted by atomic mass is 35.5. The molecule has 3 rings (SSSR count). The number of nitrogens with one attached hydrogen (secondary N) is 2. The summed E-state index contributed by atoms with van der Waals surface area (Å²) in [5, 5.41) is 6.69. The van der Waals surface area contributed by atoms with Crippen LogP contribution in [0.3, 0.4) is 0 Å². The molecule has 188 valence electrons. The Hall–Kier alpha value is -2.62. The fourth-order valence-electron chi connectivity index (χ4n) is 3.51. The van der Waals surface area contributed by atoms with Crippen LogP contribution in [0.2, 0.25) is 5.02 Å². The molecule has 1 saturated carbocycles. The monoisotopic (exact) mass is 499 g/mol. The van der Waals surface area contributed by atoms with Crippen molar-refractivity contribution >= 4 is 24.2 Å². The van der Waals surface area contributed by atoms with Crippen molar-refractivity contribution in [3.8, 4) is 11.5 Å². The summed E-state index contributed by atoms with van der Waals surface area (Å²) in [5.74, 6) is -0.376. The molecule has 34 heavy (non-hydrogen) atoms. The maximum Gasteiger partial charge on any atom is 0.213 e. The summed E-state index contributed by atoms with van der Waals surface area (Å²) in [6, 6.07) is 6.63. The Morgan fingerprint density at radius 1 is 1.00 bits per heavy atom. The summed E-state index contributed by atoms with van der Waals surface area (Å²) >= 11 is 5.41. The van der Waals surface area contributed by atoms with Crippen molar-refractivity contribution in [2.24, 2.45) is 0 Å². The predicted octanol–water partition coefficient (Wildman–Crippen LogP) is 3.90. The molecule has 0 aliphatic heterocycles. The number of rotatable bonds is 8. The van der Waals surface area contributed by atoms with Gasteiger partial charge < -0.3 is 20.1 Å². The molecule has 0 bridgehead atoms. The Morgan fingerprint density at radius 2 is 1.56 bits per heavy atom. The highest BCUT2D eigenvalue weighted by molar-refractivity contribution is 6.30. The van der Waals surface area contributed by atoms with Gasteiger partial charge in [-0.1, -0.05) is 11.6 Å². The van der Waals surface area contributed by atoms with Gasteiger partial charge in [0.25, 0.3) is 0 Å². The third-order valence-corrected chi connectivity index (χ3v) is 5.59. The molecule has 1 aliphatic rings. The zero-order valence-corrected chi connectivity index (χ0v) is 20.8. The summed E-state index contributed by atoms with van der Waals surface area (Å²) < 4.78 is 34.9. The first-order valence-corrected chi connectivity index (χ1v) is 11.0. The van der Waals surface area contributed by atoms with Gasteiger partial charge in [-0.25, -0.2) is 9.37 Å². The van der Waals surface area contributed by atoms with Gasteiger partial charge in [0.15, 0.2) is 12.6 Å². The van der Waals surface area contributed by atoms with E-state index in [2.05, 4.69) is 29.5 Å². The van der Waals surface area contributed by atoms with Gasteiger partial charge in [0.1, 0.15) is 30.5 Å². The molecule has 1 aliphatic carbocycles. The zero-order chi connectivity index (χ0) is 25.8. The second kappa shape index (κ2) is 13.9. The number of carbonyl (C=O) groups excluding carboxylic acids is 2. The number of carbonyl (C=O) groups is 2. The van der Waals surface area contributed by atoms with E-state index in [4.69, 9.17) is 21.1 Å². The van der Waals surface area contributed by atoms with Crippen LogP contribution in [0, 0.1) is 18.7 Å². The first-order valence-electron chi connectivity index (χ1n) is 10.6. The lowest BCUT2D eigenvalue weighted by Gasteiger charge is -2.53. The summed E-state index contributed by atoms with van der Waals surface area (Å²) in [6.07, 6.45) is 3.68. The van der Waals surface area contributed by atoms with Crippen molar-refractivity contribution in [1.82, 2.24) is 15.6 Å². The Morgan fingerprint density at radius 3 is 2.03 bits per heavy atom. The number of aromatic nitrogens is 1. The average Bonchev–Trinajstić information content (AvgIpc) is 2.79. The van der Waals surface area contributed by atoms with Crippen LogP contribution in [-0.4, -0.2) is 55.9 Å². The molecule has 0 spiro atoms. The largest absolute Gasteiger partial charge is 0.486 e. The first-order chi connectivity index (χ1) is 16.0. The number of hydrogen-bond acceptors (Lipinski definition) is 7. The van der Waals surface area contributed by atoms with Crippen LogP contribution in [-0.2, 0) is 9.59 Å². The van der Waals surface area contributed by atoms with Crippen molar-refractivity contribution in [3.63, 3.8) is 0 Å². The van der Waals surface area contributed by atoms with Crippen LogP contribution in [0.15, 0.2) is 30.3 Å². The number of hydrogen-bond donors (Lipinski definition) is 2. The maximum absolute atomic E-state index is 12.7.